The van der Waals surface area contributed by atoms with Crippen LogP contribution in [0.3, 0.4) is 0 Å². The van der Waals surface area contributed by atoms with Crippen LogP contribution in [0.2, 0.25) is 0 Å². The minimum atomic E-state index is 0. The highest BCUT2D eigenvalue weighted by Gasteiger charge is 2.09. The normalized spacial score (nSPS) is 9.84. The summed E-state index contributed by atoms with van der Waals surface area (Å²) in [5.41, 5.74) is 7.17. The number of hydrogen-bond donors (Lipinski definition) is 0. The summed E-state index contributed by atoms with van der Waals surface area (Å²) in [7, 11) is 0. The Balaban J connectivity index is 0. The van der Waals surface area contributed by atoms with E-state index in [9.17, 15) is 0 Å². The first-order valence-electron chi connectivity index (χ1n) is 8.80. The highest BCUT2D eigenvalue weighted by Crippen LogP contribution is 2.31. The summed E-state index contributed by atoms with van der Waals surface area (Å²) in [6, 6.07) is 16.7. The Morgan fingerprint density at radius 3 is 1.16 bits per heavy atom. The number of hydrogen-bond acceptors (Lipinski definition) is 0. The third-order valence-electron chi connectivity index (χ3n) is 3.57. The second-order valence-electron chi connectivity index (χ2n) is 4.87. The first-order chi connectivity index (χ1) is 11.7. The molecule has 0 aromatic heterocycles. The molecule has 25 heavy (non-hydrogen) atoms. The fourth-order valence-electron chi connectivity index (χ4n) is 2.48. The van der Waals surface area contributed by atoms with E-state index >= 15 is 0 Å². The molecule has 0 aliphatic rings. The van der Waals surface area contributed by atoms with Gasteiger partial charge in [0.25, 0.3) is 0 Å². The molecule has 0 N–H and O–H groups in total. The molecule has 136 valence electrons. The van der Waals surface area contributed by atoms with Crippen LogP contribution in [0.15, 0.2) is 73.8 Å². The molecule has 0 atom stereocenters. The van der Waals surface area contributed by atoms with E-state index in [1.54, 1.807) is 0 Å². The average molecular weight is 337 g/mol. The van der Waals surface area contributed by atoms with Gasteiger partial charge < -0.3 is 0 Å². The van der Waals surface area contributed by atoms with Gasteiger partial charge in [-0.25, -0.2) is 0 Å². The molecule has 0 saturated carbocycles. The molecular weight excluding hydrogens is 300 g/mol. The van der Waals surface area contributed by atoms with Gasteiger partial charge in [-0.05, 0) is 47.2 Å². The van der Waals surface area contributed by atoms with Gasteiger partial charge in [0.2, 0.25) is 0 Å². The lowest BCUT2D eigenvalue weighted by molar-refractivity contribution is 1.41. The maximum atomic E-state index is 4.00. The zero-order chi connectivity index (χ0) is 18.5. The van der Waals surface area contributed by atoms with Gasteiger partial charge in [0.15, 0.2) is 0 Å². The van der Waals surface area contributed by atoms with Gasteiger partial charge in [-0.1, -0.05) is 109 Å². The Kier molecular flexibility index (Phi) is 14.0. The van der Waals surface area contributed by atoms with E-state index in [1.807, 2.05) is 39.8 Å². The quantitative estimate of drug-likeness (QED) is 0.389. The SMILES string of the molecule is C.C=C/C(=C(/C=C)c1ccccc1C)c1ccccc1C.CC.CC. The van der Waals surface area contributed by atoms with E-state index in [0.29, 0.717) is 0 Å². The van der Waals surface area contributed by atoms with Crippen LogP contribution in [0.25, 0.3) is 11.1 Å². The van der Waals surface area contributed by atoms with Crippen LogP contribution >= 0.6 is 0 Å². The van der Waals surface area contributed by atoms with E-state index in [0.717, 1.165) is 11.1 Å². The van der Waals surface area contributed by atoms with Crippen LogP contribution in [0.4, 0.5) is 0 Å². The third kappa shape index (κ3) is 6.58. The van der Waals surface area contributed by atoms with Crippen LogP contribution in [0.1, 0.15) is 57.4 Å². The molecular formula is C25H36. The highest BCUT2D eigenvalue weighted by atomic mass is 14.1. The minimum Gasteiger partial charge on any atom is -0.0984 e. The van der Waals surface area contributed by atoms with Crippen molar-refractivity contribution >= 4 is 11.1 Å². The number of benzene rings is 2. The van der Waals surface area contributed by atoms with Crippen LogP contribution in [0, 0.1) is 13.8 Å². The first-order valence-corrected chi connectivity index (χ1v) is 8.80. The van der Waals surface area contributed by atoms with Gasteiger partial charge in [0.1, 0.15) is 0 Å². The van der Waals surface area contributed by atoms with E-state index < -0.39 is 0 Å². The molecule has 2 aromatic rings. The fourth-order valence-corrected chi connectivity index (χ4v) is 2.48. The van der Waals surface area contributed by atoms with Crippen molar-refractivity contribution in [3.63, 3.8) is 0 Å². The van der Waals surface area contributed by atoms with Gasteiger partial charge in [-0.3, -0.25) is 0 Å². The Morgan fingerprint density at radius 2 is 0.920 bits per heavy atom. The lowest BCUT2D eigenvalue weighted by atomic mass is 9.90. The molecule has 0 heteroatoms. The zero-order valence-electron chi connectivity index (χ0n) is 16.2. The summed E-state index contributed by atoms with van der Waals surface area (Å²) >= 11 is 0. The summed E-state index contributed by atoms with van der Waals surface area (Å²) in [4.78, 5) is 0. The van der Waals surface area contributed by atoms with Crippen molar-refractivity contribution in [1.29, 1.82) is 0 Å². The van der Waals surface area contributed by atoms with Crippen LogP contribution < -0.4 is 0 Å². The molecule has 0 amide bonds. The van der Waals surface area contributed by atoms with Gasteiger partial charge in [0, 0.05) is 0 Å². The van der Waals surface area contributed by atoms with Crippen LogP contribution in [-0.4, -0.2) is 0 Å². The standard InChI is InChI=1S/C20H20.2C2H6.CH4/c1-5-17(19-13-9-7-11-15(19)3)18(6-2)20-14-10-8-12-16(20)4;2*1-2;/h5-14H,1-2H2,3-4H3;2*1-2H3;1H4/b18-17+;;;. The maximum absolute atomic E-state index is 4.00. The molecule has 0 heterocycles. The number of aryl methyl sites for hydroxylation is 2. The Morgan fingerprint density at radius 1 is 0.640 bits per heavy atom. The largest absolute Gasteiger partial charge is 0.0984 e. The topological polar surface area (TPSA) is 0 Å². The predicted octanol–water partition coefficient (Wildman–Crippen LogP) is 8.27. The fraction of sp³-hybridized carbons (Fsp3) is 0.280. The van der Waals surface area contributed by atoms with E-state index in [-0.39, 0.29) is 7.43 Å². The molecule has 0 nitrogen and oxygen atoms in total. The zero-order valence-corrected chi connectivity index (χ0v) is 16.2. The molecule has 0 saturated heterocycles. The van der Waals surface area contributed by atoms with Crippen LogP contribution in [0.5, 0.6) is 0 Å². The molecule has 0 radical (unpaired) electrons. The minimum absolute atomic E-state index is 0. The van der Waals surface area contributed by atoms with E-state index in [2.05, 4.69) is 75.5 Å². The molecule has 2 rings (SSSR count). The highest BCUT2D eigenvalue weighted by molar-refractivity contribution is 6.00. The Hall–Kier alpha value is -2.34. The molecule has 0 aliphatic heterocycles. The van der Waals surface area contributed by atoms with Gasteiger partial charge in [-0.2, -0.15) is 0 Å². The molecule has 2 aromatic carbocycles. The van der Waals surface area contributed by atoms with Crippen LogP contribution in [-0.2, 0) is 0 Å². The second-order valence-corrected chi connectivity index (χ2v) is 4.87. The summed E-state index contributed by atoms with van der Waals surface area (Å²) in [6.45, 7) is 20.2. The summed E-state index contributed by atoms with van der Waals surface area (Å²) in [6.07, 6.45) is 3.84. The lowest BCUT2D eigenvalue weighted by Gasteiger charge is -2.14. The number of rotatable bonds is 4. The predicted molar refractivity (Wildman–Crippen MR) is 119 cm³/mol. The van der Waals surface area contributed by atoms with E-state index in [4.69, 9.17) is 0 Å². The first kappa shape index (κ1) is 24.9. The third-order valence-corrected chi connectivity index (χ3v) is 3.57. The molecule has 0 spiro atoms. The van der Waals surface area contributed by atoms with Crippen molar-refractivity contribution in [2.45, 2.75) is 49.0 Å². The average Bonchev–Trinajstić information content (AvgIpc) is 2.65. The summed E-state index contributed by atoms with van der Waals surface area (Å²) < 4.78 is 0. The van der Waals surface area contributed by atoms with Crippen molar-refractivity contribution in [3.05, 3.63) is 96.1 Å². The van der Waals surface area contributed by atoms with Crippen molar-refractivity contribution < 1.29 is 0 Å². The Labute approximate surface area is 156 Å². The van der Waals surface area contributed by atoms with Crippen molar-refractivity contribution in [1.82, 2.24) is 0 Å². The molecule has 0 unspecified atom stereocenters. The van der Waals surface area contributed by atoms with Crippen molar-refractivity contribution in [2.75, 3.05) is 0 Å². The Bertz CT molecular complexity index is 612. The molecule has 0 fully saturated rings. The monoisotopic (exact) mass is 336 g/mol. The molecule has 0 bridgehead atoms. The van der Waals surface area contributed by atoms with Crippen molar-refractivity contribution in [2.24, 2.45) is 0 Å². The number of allylic oxidation sites excluding steroid dienone is 4. The summed E-state index contributed by atoms with van der Waals surface area (Å²) in [5, 5.41) is 0. The van der Waals surface area contributed by atoms with Gasteiger partial charge in [-0.15, -0.1) is 0 Å². The van der Waals surface area contributed by atoms with E-state index in [1.165, 1.54) is 22.3 Å². The van der Waals surface area contributed by atoms with Gasteiger partial charge in [0.05, 0.1) is 0 Å². The van der Waals surface area contributed by atoms with Crippen molar-refractivity contribution in [3.8, 4) is 0 Å². The maximum Gasteiger partial charge on any atom is -0.0109 e. The summed E-state index contributed by atoms with van der Waals surface area (Å²) in [5.74, 6) is 0. The molecule has 0 aliphatic carbocycles. The lowest BCUT2D eigenvalue weighted by Crippen LogP contribution is -1.93. The smallest absolute Gasteiger partial charge is 0.0109 e. The van der Waals surface area contributed by atoms with Gasteiger partial charge >= 0.3 is 0 Å². The second kappa shape index (κ2) is 14.0.